The van der Waals surface area contributed by atoms with Gasteiger partial charge in [0.2, 0.25) is 5.91 Å². The first-order valence-corrected chi connectivity index (χ1v) is 9.49. The van der Waals surface area contributed by atoms with Gasteiger partial charge in [-0.3, -0.25) is 9.59 Å². The van der Waals surface area contributed by atoms with Gasteiger partial charge >= 0.3 is 12.8 Å². The summed E-state index contributed by atoms with van der Waals surface area (Å²) in [5.41, 5.74) is 3.15. The first-order chi connectivity index (χ1) is 15.0. The molecule has 2 heterocycles. The Morgan fingerprint density at radius 2 is 2.06 bits per heavy atom. The maximum absolute atomic E-state index is 13.5. The number of piperazine rings is 1. The Kier molecular flexibility index (Phi) is 6.67. The van der Waals surface area contributed by atoms with Crippen LogP contribution in [0.4, 0.5) is 27.6 Å². The van der Waals surface area contributed by atoms with Crippen LogP contribution >= 0.6 is 0 Å². The molecule has 1 unspecified atom stereocenters. The summed E-state index contributed by atoms with van der Waals surface area (Å²) in [4.78, 5) is 29.4. The number of pyridine rings is 1. The molecule has 1 aromatic carbocycles. The van der Waals surface area contributed by atoms with Gasteiger partial charge < -0.3 is 26.0 Å². The Bertz CT molecular complexity index is 1030. The van der Waals surface area contributed by atoms with Crippen LogP contribution in [-0.4, -0.2) is 60.5 Å². The highest BCUT2D eigenvalue weighted by Crippen LogP contribution is 2.39. The number of nitrogens with zero attached hydrogens (tertiary/aromatic N) is 2. The van der Waals surface area contributed by atoms with E-state index in [1.165, 1.54) is 6.92 Å². The number of nitrogens with one attached hydrogen (secondary N) is 2. The SMILES string of the molecule is CC(=O)N1CCNC(CNC(=O)c2cc(N)c3cc(OC(F)F)cc(C(F)(F)F)c3n2)C1. The highest BCUT2D eigenvalue weighted by molar-refractivity contribution is 6.00. The van der Waals surface area contributed by atoms with Crippen LogP contribution in [0.2, 0.25) is 0 Å². The average molecular weight is 461 g/mol. The lowest BCUT2D eigenvalue weighted by Gasteiger charge is -2.33. The summed E-state index contributed by atoms with van der Waals surface area (Å²) in [5.74, 6) is -1.62. The Labute approximate surface area is 178 Å². The zero-order valence-electron chi connectivity index (χ0n) is 16.8. The van der Waals surface area contributed by atoms with Crippen LogP contribution in [0.3, 0.4) is 0 Å². The molecule has 0 saturated carbocycles. The van der Waals surface area contributed by atoms with E-state index < -0.39 is 35.5 Å². The highest BCUT2D eigenvalue weighted by atomic mass is 19.4. The van der Waals surface area contributed by atoms with Crippen molar-refractivity contribution in [3.05, 3.63) is 29.5 Å². The zero-order valence-corrected chi connectivity index (χ0v) is 16.8. The van der Waals surface area contributed by atoms with Crippen molar-refractivity contribution in [2.75, 3.05) is 31.9 Å². The highest BCUT2D eigenvalue weighted by Gasteiger charge is 2.35. The number of benzene rings is 1. The molecule has 4 N–H and O–H groups in total. The second-order valence-corrected chi connectivity index (χ2v) is 7.17. The van der Waals surface area contributed by atoms with E-state index in [0.717, 1.165) is 12.1 Å². The Balaban J connectivity index is 1.87. The van der Waals surface area contributed by atoms with Crippen LogP contribution in [0.5, 0.6) is 5.75 Å². The Morgan fingerprint density at radius 3 is 2.69 bits per heavy atom. The monoisotopic (exact) mass is 461 g/mol. The zero-order chi connectivity index (χ0) is 23.6. The second-order valence-electron chi connectivity index (χ2n) is 7.17. The summed E-state index contributed by atoms with van der Waals surface area (Å²) >= 11 is 0. The van der Waals surface area contributed by atoms with Crippen LogP contribution in [0.25, 0.3) is 10.9 Å². The minimum absolute atomic E-state index is 0.0928. The smallest absolute Gasteiger partial charge is 0.418 e. The van der Waals surface area contributed by atoms with Gasteiger partial charge in [0.25, 0.3) is 5.91 Å². The number of ether oxygens (including phenoxy) is 1. The maximum Gasteiger partial charge on any atom is 0.418 e. The largest absolute Gasteiger partial charge is 0.435 e. The predicted octanol–water partition coefficient (Wildman–Crippen LogP) is 1.99. The summed E-state index contributed by atoms with van der Waals surface area (Å²) in [5, 5.41) is 5.40. The molecular weight excluding hydrogens is 441 g/mol. The van der Waals surface area contributed by atoms with Gasteiger partial charge in [0.05, 0.1) is 11.1 Å². The fourth-order valence-corrected chi connectivity index (χ4v) is 3.38. The Hall–Kier alpha value is -3.22. The topological polar surface area (TPSA) is 110 Å². The third-order valence-electron chi connectivity index (χ3n) is 4.89. The van der Waals surface area contributed by atoms with Crippen molar-refractivity contribution in [2.45, 2.75) is 25.8 Å². The third kappa shape index (κ3) is 5.33. The number of carbonyl (C=O) groups is 2. The van der Waals surface area contributed by atoms with E-state index in [0.29, 0.717) is 25.7 Å². The van der Waals surface area contributed by atoms with Crippen molar-refractivity contribution in [1.29, 1.82) is 0 Å². The number of rotatable bonds is 5. The molecule has 0 bridgehead atoms. The summed E-state index contributed by atoms with van der Waals surface area (Å²) in [6.07, 6.45) is -4.96. The lowest BCUT2D eigenvalue weighted by Crippen LogP contribution is -2.56. The van der Waals surface area contributed by atoms with Crippen LogP contribution in [0.15, 0.2) is 18.2 Å². The van der Waals surface area contributed by atoms with E-state index in [1.807, 2.05) is 0 Å². The number of nitrogens with two attached hydrogens (primary N) is 1. The molecule has 1 aromatic heterocycles. The number of hydrogen-bond donors (Lipinski definition) is 3. The number of halogens is 5. The maximum atomic E-state index is 13.5. The molecule has 13 heteroatoms. The fraction of sp³-hybridized carbons (Fsp3) is 0.421. The molecule has 1 fully saturated rings. The van der Waals surface area contributed by atoms with Crippen molar-refractivity contribution in [2.24, 2.45) is 0 Å². The van der Waals surface area contributed by atoms with E-state index in [9.17, 15) is 31.5 Å². The van der Waals surface area contributed by atoms with Gasteiger partial charge in [0, 0.05) is 50.2 Å². The molecule has 1 atom stereocenters. The van der Waals surface area contributed by atoms with Gasteiger partial charge in [-0.05, 0) is 18.2 Å². The van der Waals surface area contributed by atoms with E-state index >= 15 is 0 Å². The van der Waals surface area contributed by atoms with Gasteiger partial charge in [-0.2, -0.15) is 22.0 Å². The molecule has 32 heavy (non-hydrogen) atoms. The van der Waals surface area contributed by atoms with E-state index in [2.05, 4.69) is 20.4 Å². The molecule has 2 amide bonds. The van der Waals surface area contributed by atoms with E-state index in [4.69, 9.17) is 5.73 Å². The number of aromatic nitrogens is 1. The summed E-state index contributed by atoms with van der Waals surface area (Å²) in [6.45, 7) is -0.401. The fourth-order valence-electron chi connectivity index (χ4n) is 3.38. The van der Waals surface area contributed by atoms with Gasteiger partial charge in [-0.15, -0.1) is 0 Å². The number of fused-ring (bicyclic) bond motifs is 1. The van der Waals surface area contributed by atoms with Crippen molar-refractivity contribution in [1.82, 2.24) is 20.5 Å². The summed E-state index contributed by atoms with van der Waals surface area (Å²) in [7, 11) is 0. The minimum Gasteiger partial charge on any atom is -0.435 e. The molecule has 1 saturated heterocycles. The van der Waals surface area contributed by atoms with E-state index in [1.54, 1.807) is 4.90 Å². The molecule has 0 radical (unpaired) electrons. The predicted molar refractivity (Wildman–Crippen MR) is 104 cm³/mol. The van der Waals surface area contributed by atoms with Gasteiger partial charge in [0.1, 0.15) is 11.4 Å². The first-order valence-electron chi connectivity index (χ1n) is 9.49. The average Bonchev–Trinajstić information content (AvgIpc) is 2.70. The molecular formula is C19H20F5N5O3. The number of anilines is 1. The van der Waals surface area contributed by atoms with Crippen molar-refractivity contribution in [3.8, 4) is 5.75 Å². The molecule has 174 valence electrons. The number of nitrogen functional groups attached to an aromatic ring is 1. The number of amides is 2. The normalized spacial score (nSPS) is 17.0. The molecule has 3 rings (SSSR count). The second kappa shape index (κ2) is 9.10. The third-order valence-corrected chi connectivity index (χ3v) is 4.89. The van der Waals surface area contributed by atoms with Crippen LogP contribution < -0.4 is 21.1 Å². The van der Waals surface area contributed by atoms with Crippen LogP contribution in [0, 0.1) is 0 Å². The molecule has 8 nitrogen and oxygen atoms in total. The lowest BCUT2D eigenvalue weighted by molar-refractivity contribution is -0.136. The molecule has 1 aliphatic rings. The Morgan fingerprint density at radius 1 is 1.34 bits per heavy atom. The molecule has 1 aliphatic heterocycles. The van der Waals surface area contributed by atoms with Crippen molar-refractivity contribution in [3.63, 3.8) is 0 Å². The van der Waals surface area contributed by atoms with Crippen LogP contribution in [-0.2, 0) is 11.0 Å². The van der Waals surface area contributed by atoms with Gasteiger partial charge in [-0.25, -0.2) is 4.98 Å². The molecule has 2 aromatic rings. The van der Waals surface area contributed by atoms with Crippen LogP contribution in [0.1, 0.15) is 23.0 Å². The van der Waals surface area contributed by atoms with Crippen molar-refractivity contribution < 1.29 is 36.3 Å². The lowest BCUT2D eigenvalue weighted by atomic mass is 10.1. The standard InChI is InChI=1S/C19H20F5N5O3/c1-9(30)29-3-2-26-10(8-29)7-27-17(31)15-6-14(25)12-4-11(32-18(20)21)5-13(16(12)28-15)19(22,23)24/h4-6,10,18,26H,2-3,7-8H2,1H3,(H2,25,28)(H,27,31). The van der Waals surface area contributed by atoms with Gasteiger partial charge in [0.15, 0.2) is 0 Å². The number of alkyl halides is 5. The number of carbonyl (C=O) groups excluding carboxylic acids is 2. The first kappa shape index (κ1) is 23.4. The quantitative estimate of drug-likeness (QED) is 0.588. The van der Waals surface area contributed by atoms with Gasteiger partial charge in [-0.1, -0.05) is 0 Å². The summed E-state index contributed by atoms with van der Waals surface area (Å²) in [6, 6.07) is 2.09. The minimum atomic E-state index is -4.96. The molecule has 0 aliphatic carbocycles. The van der Waals surface area contributed by atoms with Crippen molar-refractivity contribution >= 4 is 28.4 Å². The molecule has 0 spiro atoms. The summed E-state index contributed by atoms with van der Waals surface area (Å²) < 4.78 is 69.7. The van der Waals surface area contributed by atoms with E-state index in [-0.39, 0.29) is 35.3 Å². The number of hydrogen-bond acceptors (Lipinski definition) is 6.